The number of aliphatic hydroxyl groups excluding tert-OH is 4. The van der Waals surface area contributed by atoms with Crippen LogP contribution in [0.25, 0.3) is 0 Å². The maximum atomic E-state index is 12.0. The highest BCUT2D eigenvalue weighted by molar-refractivity contribution is 5.75. The number of carboxylic acids is 1. The number of aromatic nitrogens is 2. The first-order chi connectivity index (χ1) is 11.7. The fourth-order valence-electron chi connectivity index (χ4n) is 2.62. The number of aromatic amines is 1. The molecule has 25 heavy (non-hydrogen) atoms. The molecule has 0 spiro atoms. The monoisotopic (exact) mass is 361 g/mol. The van der Waals surface area contributed by atoms with E-state index in [1.54, 1.807) is 0 Å². The lowest BCUT2D eigenvalue weighted by Gasteiger charge is -2.40. The second-order valence-electron chi connectivity index (χ2n) is 5.53. The van der Waals surface area contributed by atoms with Crippen LogP contribution in [-0.2, 0) is 9.53 Å². The molecule has 2 heterocycles. The summed E-state index contributed by atoms with van der Waals surface area (Å²) in [6.45, 7) is -0.708. The zero-order chi connectivity index (χ0) is 18.9. The van der Waals surface area contributed by atoms with Gasteiger partial charge in [-0.15, -0.1) is 0 Å². The number of ether oxygens (including phenoxy) is 1. The van der Waals surface area contributed by atoms with E-state index in [9.17, 15) is 34.8 Å². The molecule has 7 N–H and O–H groups in total. The van der Waals surface area contributed by atoms with Gasteiger partial charge in [0.2, 0.25) is 0 Å². The summed E-state index contributed by atoms with van der Waals surface area (Å²) in [7, 11) is 1.29. The molecule has 0 bridgehead atoms. The maximum absolute atomic E-state index is 12.0. The van der Waals surface area contributed by atoms with E-state index in [0.717, 1.165) is 6.20 Å². The number of carboxylic acid groups (broad SMARTS) is 1. The number of nitrogens with zero attached hydrogens (tertiary/aromatic N) is 1. The topological polar surface area (TPSA) is 194 Å². The van der Waals surface area contributed by atoms with Crippen LogP contribution >= 0.6 is 0 Å². The summed E-state index contributed by atoms with van der Waals surface area (Å²) < 4.78 is 5.92. The van der Waals surface area contributed by atoms with Crippen LogP contribution < -0.4 is 16.6 Å². The molecular formula is C13H19N3O9. The molecule has 1 fully saturated rings. The molecule has 140 valence electrons. The summed E-state index contributed by atoms with van der Waals surface area (Å²) in [6.07, 6.45) is -7.10. The Hall–Kier alpha value is -2.09. The molecule has 12 nitrogen and oxygen atoms in total. The number of aliphatic carboxylic acids is 1. The highest BCUT2D eigenvalue weighted by atomic mass is 16.6. The quantitative estimate of drug-likeness (QED) is 0.270. The van der Waals surface area contributed by atoms with Gasteiger partial charge in [-0.25, -0.2) is 4.79 Å². The Morgan fingerprint density at radius 2 is 1.96 bits per heavy atom. The van der Waals surface area contributed by atoms with Crippen molar-refractivity contribution in [3.8, 4) is 0 Å². The molecule has 1 saturated heterocycles. The Balaban J connectivity index is 2.53. The molecule has 1 aliphatic heterocycles. The van der Waals surface area contributed by atoms with Crippen molar-refractivity contribution in [3.63, 3.8) is 0 Å². The molecule has 0 amide bonds. The van der Waals surface area contributed by atoms with Crippen LogP contribution in [0.5, 0.6) is 0 Å². The molecule has 6 unspecified atom stereocenters. The van der Waals surface area contributed by atoms with Crippen molar-refractivity contribution in [1.29, 1.82) is 0 Å². The van der Waals surface area contributed by atoms with E-state index in [-0.39, 0.29) is 5.56 Å². The molecule has 2 rings (SSSR count). The van der Waals surface area contributed by atoms with Crippen LogP contribution in [0.4, 0.5) is 0 Å². The van der Waals surface area contributed by atoms with E-state index in [1.165, 1.54) is 7.05 Å². The lowest BCUT2D eigenvalue weighted by atomic mass is 9.98. The van der Waals surface area contributed by atoms with E-state index in [0.29, 0.717) is 4.57 Å². The Labute approximate surface area is 139 Å². The minimum atomic E-state index is -1.77. The van der Waals surface area contributed by atoms with Gasteiger partial charge in [-0.3, -0.25) is 19.1 Å². The minimum absolute atomic E-state index is 0.341. The Kier molecular flexibility index (Phi) is 5.72. The summed E-state index contributed by atoms with van der Waals surface area (Å²) in [5.74, 6) is -1.38. The minimum Gasteiger partial charge on any atom is -0.480 e. The molecule has 1 aromatic rings. The largest absolute Gasteiger partial charge is 0.480 e. The molecule has 6 atom stereocenters. The second kappa shape index (κ2) is 7.43. The predicted molar refractivity (Wildman–Crippen MR) is 79.8 cm³/mol. The van der Waals surface area contributed by atoms with Crippen LogP contribution in [-0.4, -0.2) is 79.1 Å². The van der Waals surface area contributed by atoms with Gasteiger partial charge in [0.05, 0.1) is 12.2 Å². The molecule has 0 radical (unpaired) electrons. The molecule has 1 aliphatic rings. The van der Waals surface area contributed by atoms with Crippen molar-refractivity contribution in [2.45, 2.75) is 36.7 Å². The van der Waals surface area contributed by atoms with Gasteiger partial charge < -0.3 is 35.6 Å². The molecule has 1 aromatic heterocycles. The van der Waals surface area contributed by atoms with Crippen molar-refractivity contribution in [1.82, 2.24) is 14.9 Å². The maximum Gasteiger partial charge on any atom is 0.330 e. The van der Waals surface area contributed by atoms with Crippen LogP contribution in [0.2, 0.25) is 0 Å². The van der Waals surface area contributed by atoms with Gasteiger partial charge in [0.1, 0.15) is 30.5 Å². The van der Waals surface area contributed by atoms with Gasteiger partial charge in [-0.05, 0) is 7.05 Å². The van der Waals surface area contributed by atoms with Crippen molar-refractivity contribution in [3.05, 3.63) is 32.6 Å². The standard InChI is InChI=1S/C13H19N3O9/c1-14-6(12(22)23)4-2-16(13(24)15-10(4)21)11-9(20)8(19)7(18)5(3-17)25-11/h2,5-9,11,14,17-20H,3H2,1H3,(H,22,23)(H,15,21,24). The van der Waals surface area contributed by atoms with Crippen molar-refractivity contribution < 1.29 is 35.1 Å². The number of carbonyl (C=O) groups is 1. The second-order valence-corrected chi connectivity index (χ2v) is 5.53. The van der Waals surface area contributed by atoms with E-state index in [1.807, 2.05) is 4.98 Å². The molecule has 0 saturated carbocycles. The third-order valence-electron chi connectivity index (χ3n) is 3.98. The van der Waals surface area contributed by atoms with Gasteiger partial charge >= 0.3 is 11.7 Å². The number of hydrogen-bond donors (Lipinski definition) is 7. The van der Waals surface area contributed by atoms with E-state index in [4.69, 9.17) is 9.84 Å². The van der Waals surface area contributed by atoms with Crippen molar-refractivity contribution in [2.75, 3.05) is 13.7 Å². The van der Waals surface area contributed by atoms with Gasteiger partial charge in [0.25, 0.3) is 5.56 Å². The van der Waals surface area contributed by atoms with Crippen LogP contribution in [0.1, 0.15) is 17.8 Å². The Bertz CT molecular complexity index is 743. The predicted octanol–water partition coefficient (Wildman–Crippen LogP) is -4.15. The first kappa shape index (κ1) is 19.2. The number of rotatable bonds is 5. The number of aliphatic hydroxyl groups is 4. The first-order valence-corrected chi connectivity index (χ1v) is 7.28. The lowest BCUT2D eigenvalue weighted by Crippen LogP contribution is -2.58. The molecule has 0 aliphatic carbocycles. The summed E-state index contributed by atoms with van der Waals surface area (Å²) in [6, 6.07) is -1.44. The first-order valence-electron chi connectivity index (χ1n) is 7.28. The number of hydrogen-bond acceptors (Lipinski definition) is 9. The summed E-state index contributed by atoms with van der Waals surface area (Å²) >= 11 is 0. The average molecular weight is 361 g/mol. The summed E-state index contributed by atoms with van der Waals surface area (Å²) in [4.78, 5) is 37.1. The normalized spacial score (nSPS) is 30.8. The molecular weight excluding hydrogens is 342 g/mol. The molecule has 12 heteroatoms. The smallest absolute Gasteiger partial charge is 0.330 e. The summed E-state index contributed by atoms with van der Waals surface area (Å²) in [5.41, 5.74) is -2.32. The highest BCUT2D eigenvalue weighted by Gasteiger charge is 2.44. The van der Waals surface area contributed by atoms with E-state index >= 15 is 0 Å². The highest BCUT2D eigenvalue weighted by Crippen LogP contribution is 2.27. The van der Waals surface area contributed by atoms with E-state index in [2.05, 4.69) is 5.32 Å². The number of nitrogens with one attached hydrogen (secondary N) is 2. The third-order valence-corrected chi connectivity index (χ3v) is 3.98. The SMILES string of the molecule is CNC(C(=O)O)c1cn(C2OC(CO)C(O)C(O)C2O)c(=O)[nH]c1=O. The van der Waals surface area contributed by atoms with Gasteiger partial charge in [0, 0.05) is 6.20 Å². The lowest BCUT2D eigenvalue weighted by molar-refractivity contribution is -0.252. The van der Waals surface area contributed by atoms with Crippen molar-refractivity contribution in [2.24, 2.45) is 0 Å². The Morgan fingerprint density at radius 3 is 2.48 bits per heavy atom. The average Bonchev–Trinajstić information content (AvgIpc) is 2.56. The Morgan fingerprint density at radius 1 is 1.32 bits per heavy atom. The van der Waals surface area contributed by atoms with Gasteiger partial charge in [0.15, 0.2) is 6.23 Å². The number of likely N-dealkylation sites (N-methyl/N-ethyl adjacent to an activating group) is 1. The fourth-order valence-corrected chi connectivity index (χ4v) is 2.62. The zero-order valence-electron chi connectivity index (χ0n) is 13.1. The van der Waals surface area contributed by atoms with Crippen molar-refractivity contribution >= 4 is 5.97 Å². The number of H-pyrrole nitrogens is 1. The van der Waals surface area contributed by atoms with Gasteiger partial charge in [-0.2, -0.15) is 0 Å². The van der Waals surface area contributed by atoms with Crippen LogP contribution in [0.15, 0.2) is 15.8 Å². The summed E-state index contributed by atoms with van der Waals surface area (Å²) in [5, 5.41) is 50.3. The van der Waals surface area contributed by atoms with Crippen LogP contribution in [0, 0.1) is 0 Å². The van der Waals surface area contributed by atoms with Gasteiger partial charge in [-0.1, -0.05) is 0 Å². The molecule has 0 aromatic carbocycles. The third kappa shape index (κ3) is 3.49. The fraction of sp³-hybridized carbons (Fsp3) is 0.615. The van der Waals surface area contributed by atoms with E-state index < -0.39 is 60.5 Å². The zero-order valence-corrected chi connectivity index (χ0v) is 13.1. The van der Waals surface area contributed by atoms with Crippen LogP contribution in [0.3, 0.4) is 0 Å².